The average Bonchev–Trinajstić information content (AvgIpc) is 3.04. The smallest absolute Gasteiger partial charge is 0.245 e. The van der Waals surface area contributed by atoms with Crippen LogP contribution in [-0.2, 0) is 20.9 Å². The van der Waals surface area contributed by atoms with E-state index in [0.29, 0.717) is 32.4 Å². The Morgan fingerprint density at radius 2 is 1.95 bits per heavy atom. The molecule has 38 heavy (non-hydrogen) atoms. The average molecular weight is 545 g/mol. The maximum atomic E-state index is 13.6. The van der Waals surface area contributed by atoms with Gasteiger partial charge in [-0.25, -0.2) is 4.39 Å². The number of hydrogen-bond acceptors (Lipinski definition) is 4. The molecule has 1 unspecified atom stereocenters. The molecule has 0 aliphatic carbocycles. The van der Waals surface area contributed by atoms with Gasteiger partial charge in [-0.05, 0) is 67.3 Å². The van der Waals surface area contributed by atoms with Crippen molar-refractivity contribution in [3.63, 3.8) is 0 Å². The van der Waals surface area contributed by atoms with E-state index in [9.17, 15) is 18.8 Å². The number of aromatic nitrogens is 1. The Morgan fingerprint density at radius 3 is 2.61 bits per heavy atom. The molecular formula is C29H38ClFN4O3. The van der Waals surface area contributed by atoms with Gasteiger partial charge in [0.15, 0.2) is 0 Å². The van der Waals surface area contributed by atoms with Crippen molar-refractivity contribution in [3.05, 3.63) is 53.1 Å². The number of rotatable bonds is 11. The monoisotopic (exact) mass is 544 g/mol. The van der Waals surface area contributed by atoms with Crippen molar-refractivity contribution in [2.75, 3.05) is 6.54 Å². The molecule has 206 valence electrons. The van der Waals surface area contributed by atoms with Crippen LogP contribution < -0.4 is 11.1 Å². The molecule has 1 fully saturated rings. The predicted molar refractivity (Wildman–Crippen MR) is 146 cm³/mol. The van der Waals surface area contributed by atoms with Gasteiger partial charge in [0.1, 0.15) is 11.9 Å². The number of benzene rings is 1. The molecule has 3 N–H and O–H groups in total. The molecule has 1 aliphatic rings. The molecule has 2 aromatic rings. The fourth-order valence-electron chi connectivity index (χ4n) is 5.12. The predicted octanol–water partition coefficient (Wildman–Crippen LogP) is 5.10. The first-order chi connectivity index (χ1) is 18.1. The van der Waals surface area contributed by atoms with Gasteiger partial charge in [0, 0.05) is 42.9 Å². The number of halogens is 2. The van der Waals surface area contributed by atoms with Crippen molar-refractivity contribution in [2.45, 2.75) is 71.9 Å². The zero-order valence-corrected chi connectivity index (χ0v) is 23.1. The Kier molecular flexibility index (Phi) is 10.6. The molecular weight excluding hydrogens is 507 g/mol. The lowest BCUT2D eigenvalue weighted by Gasteiger charge is -2.29. The third-order valence-corrected chi connectivity index (χ3v) is 7.32. The Hall–Kier alpha value is -3.00. The van der Waals surface area contributed by atoms with Crippen LogP contribution in [0.4, 0.5) is 4.39 Å². The lowest BCUT2D eigenvalue weighted by molar-refractivity contribution is -0.139. The molecule has 0 radical (unpaired) electrons. The fraction of sp³-hybridized carbons (Fsp3) is 0.517. The van der Waals surface area contributed by atoms with Crippen LogP contribution >= 0.6 is 11.6 Å². The summed E-state index contributed by atoms with van der Waals surface area (Å²) >= 11 is 5.95. The molecule has 1 aliphatic heterocycles. The molecule has 3 amide bonds. The van der Waals surface area contributed by atoms with Gasteiger partial charge in [-0.15, -0.1) is 0 Å². The van der Waals surface area contributed by atoms with E-state index in [1.54, 1.807) is 29.4 Å². The van der Waals surface area contributed by atoms with E-state index < -0.39 is 29.6 Å². The van der Waals surface area contributed by atoms with Gasteiger partial charge < -0.3 is 16.0 Å². The Labute approximate surface area is 229 Å². The van der Waals surface area contributed by atoms with Crippen LogP contribution in [0.15, 0.2) is 36.7 Å². The van der Waals surface area contributed by atoms with Gasteiger partial charge in [-0.3, -0.25) is 19.4 Å². The van der Waals surface area contributed by atoms with Crippen molar-refractivity contribution in [1.82, 2.24) is 15.2 Å². The minimum Gasteiger partial charge on any atom is -0.369 e. The SMILES string of the molecule is CCC[C@H](C(N)=O)[C@@H](CC(C)C)C(=O)NC1CCCCN(Cc2cncc(-c3ccc(F)c(Cl)c3)c2)C1=O. The minimum absolute atomic E-state index is 0.0301. The summed E-state index contributed by atoms with van der Waals surface area (Å²) in [6.07, 6.45) is 7.31. The van der Waals surface area contributed by atoms with Crippen molar-refractivity contribution >= 4 is 29.3 Å². The second-order valence-electron chi connectivity index (χ2n) is 10.6. The number of nitrogens with two attached hydrogens (primary N) is 1. The quantitative estimate of drug-likeness (QED) is 0.410. The highest BCUT2D eigenvalue weighted by Gasteiger charge is 2.35. The highest BCUT2D eigenvalue weighted by molar-refractivity contribution is 6.31. The molecule has 1 saturated heterocycles. The van der Waals surface area contributed by atoms with Gasteiger partial charge >= 0.3 is 0 Å². The summed E-state index contributed by atoms with van der Waals surface area (Å²) in [6, 6.07) is 5.73. The number of nitrogens with one attached hydrogen (secondary N) is 1. The summed E-state index contributed by atoms with van der Waals surface area (Å²) in [4.78, 5) is 45.2. The minimum atomic E-state index is -0.665. The van der Waals surface area contributed by atoms with Crippen LogP contribution in [0.5, 0.6) is 0 Å². The lowest BCUT2D eigenvalue weighted by atomic mass is 9.81. The molecule has 3 rings (SSSR count). The molecule has 0 bridgehead atoms. The molecule has 0 saturated carbocycles. The first-order valence-electron chi connectivity index (χ1n) is 13.4. The van der Waals surface area contributed by atoms with Gasteiger partial charge in [0.2, 0.25) is 17.7 Å². The summed E-state index contributed by atoms with van der Waals surface area (Å²) in [6.45, 7) is 6.86. The van der Waals surface area contributed by atoms with Crippen LogP contribution in [0.2, 0.25) is 5.02 Å². The maximum Gasteiger partial charge on any atom is 0.245 e. The van der Waals surface area contributed by atoms with E-state index in [-0.39, 0.29) is 22.8 Å². The van der Waals surface area contributed by atoms with Gasteiger partial charge in [0.25, 0.3) is 0 Å². The van der Waals surface area contributed by atoms with Crippen LogP contribution in [0.25, 0.3) is 11.1 Å². The van der Waals surface area contributed by atoms with E-state index in [0.717, 1.165) is 36.0 Å². The second kappa shape index (κ2) is 13.7. The van der Waals surface area contributed by atoms with Gasteiger partial charge in [-0.1, -0.05) is 44.9 Å². The third kappa shape index (κ3) is 7.76. The number of likely N-dealkylation sites (tertiary alicyclic amines) is 1. The van der Waals surface area contributed by atoms with Crippen molar-refractivity contribution < 1.29 is 18.8 Å². The highest BCUT2D eigenvalue weighted by Crippen LogP contribution is 2.27. The summed E-state index contributed by atoms with van der Waals surface area (Å²) in [5.74, 6) is -2.34. The lowest BCUT2D eigenvalue weighted by Crippen LogP contribution is -2.50. The molecule has 9 heteroatoms. The standard InChI is InChI=1S/C29H38ClFN4O3/c1-4-7-22(27(32)36)23(12-18(2)3)28(37)34-26-8-5-6-11-35(29(26)38)17-19-13-21(16-33-15-19)20-9-10-25(31)24(30)14-20/h9-10,13-16,18,22-23,26H,4-8,11-12,17H2,1-3H3,(H2,32,36)(H,34,37)/t22-,23+,26?/m0/s1. The number of nitrogens with zero attached hydrogens (tertiary/aromatic N) is 2. The Morgan fingerprint density at radius 1 is 1.18 bits per heavy atom. The van der Waals surface area contributed by atoms with E-state index in [4.69, 9.17) is 17.3 Å². The Bertz CT molecular complexity index is 1140. The first kappa shape index (κ1) is 29.6. The van der Waals surface area contributed by atoms with E-state index in [1.807, 2.05) is 26.8 Å². The zero-order valence-electron chi connectivity index (χ0n) is 22.4. The maximum absolute atomic E-state index is 13.6. The number of primary amides is 1. The van der Waals surface area contributed by atoms with Crippen LogP contribution in [0.3, 0.4) is 0 Å². The molecule has 7 nitrogen and oxygen atoms in total. The van der Waals surface area contributed by atoms with Crippen LogP contribution in [0.1, 0.15) is 64.9 Å². The third-order valence-electron chi connectivity index (χ3n) is 7.03. The first-order valence-corrected chi connectivity index (χ1v) is 13.8. The number of carbonyl (C=O) groups excluding carboxylic acids is 3. The largest absolute Gasteiger partial charge is 0.369 e. The highest BCUT2D eigenvalue weighted by atomic mass is 35.5. The fourth-order valence-corrected chi connectivity index (χ4v) is 5.30. The summed E-state index contributed by atoms with van der Waals surface area (Å²) < 4.78 is 13.6. The molecule has 3 atom stereocenters. The number of pyridine rings is 1. The Balaban J connectivity index is 1.76. The van der Waals surface area contributed by atoms with Gasteiger partial charge in [-0.2, -0.15) is 0 Å². The van der Waals surface area contributed by atoms with Crippen LogP contribution in [-0.4, -0.2) is 40.2 Å². The topological polar surface area (TPSA) is 105 Å². The van der Waals surface area contributed by atoms with E-state index in [1.165, 1.54) is 6.07 Å². The normalized spacial score (nSPS) is 17.7. The number of carbonyl (C=O) groups is 3. The zero-order chi connectivity index (χ0) is 27.8. The van der Waals surface area contributed by atoms with Crippen molar-refractivity contribution in [2.24, 2.45) is 23.5 Å². The van der Waals surface area contributed by atoms with Gasteiger partial charge in [0.05, 0.1) is 5.02 Å². The van der Waals surface area contributed by atoms with E-state index in [2.05, 4.69) is 10.3 Å². The summed E-state index contributed by atoms with van der Waals surface area (Å²) in [5, 5.41) is 3.00. The molecule has 2 heterocycles. The van der Waals surface area contributed by atoms with E-state index >= 15 is 0 Å². The van der Waals surface area contributed by atoms with Crippen molar-refractivity contribution in [1.29, 1.82) is 0 Å². The molecule has 1 aromatic carbocycles. The number of amides is 3. The second-order valence-corrected chi connectivity index (χ2v) is 11.0. The molecule has 1 aromatic heterocycles. The summed E-state index contributed by atoms with van der Waals surface area (Å²) in [7, 11) is 0. The van der Waals surface area contributed by atoms with Crippen molar-refractivity contribution in [3.8, 4) is 11.1 Å². The van der Waals surface area contributed by atoms with Crippen LogP contribution in [0, 0.1) is 23.6 Å². The summed E-state index contributed by atoms with van der Waals surface area (Å²) in [5.41, 5.74) is 7.98. The number of hydrogen-bond donors (Lipinski definition) is 2. The molecule has 0 spiro atoms.